The van der Waals surface area contributed by atoms with E-state index in [1.807, 2.05) is 13.0 Å². The van der Waals surface area contributed by atoms with Crippen molar-refractivity contribution in [3.8, 4) is 0 Å². The van der Waals surface area contributed by atoms with Gasteiger partial charge in [0, 0.05) is 6.04 Å². The highest BCUT2D eigenvalue weighted by molar-refractivity contribution is 5.05. The molecule has 0 amide bonds. The third-order valence-corrected chi connectivity index (χ3v) is 3.24. The first kappa shape index (κ1) is 16.3. The molecule has 0 aliphatic rings. The number of hydrogen-bond acceptors (Lipinski definition) is 3. The molecule has 3 nitrogen and oxygen atoms in total. The lowest BCUT2D eigenvalue weighted by Crippen LogP contribution is -2.23. The summed E-state index contributed by atoms with van der Waals surface area (Å²) >= 11 is 0. The maximum Gasteiger partial charge on any atom is 0.118 e. The monoisotopic (exact) mass is 266 g/mol. The van der Waals surface area contributed by atoms with Crippen LogP contribution >= 0.6 is 0 Å². The molecule has 0 spiro atoms. The van der Waals surface area contributed by atoms with Gasteiger partial charge in [0.2, 0.25) is 0 Å². The summed E-state index contributed by atoms with van der Waals surface area (Å²) < 4.78 is 5.59. The number of nitrogens with zero attached hydrogens (tertiary/aromatic N) is 1. The predicted octanol–water partition coefficient (Wildman–Crippen LogP) is 3.58. The number of aryl methyl sites for hydroxylation is 1. The second-order valence-corrected chi connectivity index (χ2v) is 5.77. The number of nitrogens with one attached hydrogen (secondary N) is 1. The van der Waals surface area contributed by atoms with Gasteiger partial charge in [0.15, 0.2) is 0 Å². The molecular weight excluding hydrogens is 236 g/mol. The number of rotatable bonds is 10. The number of unbranched alkanes of at least 4 members (excludes halogenated alkanes) is 3. The zero-order valence-corrected chi connectivity index (χ0v) is 13.0. The summed E-state index contributed by atoms with van der Waals surface area (Å²) in [6.45, 7) is 9.62. The molecule has 1 N–H and O–H groups in total. The lowest BCUT2D eigenvalue weighted by atomic mass is 10.2. The maximum atomic E-state index is 5.59. The minimum absolute atomic E-state index is 0.614. The minimum Gasteiger partial charge on any atom is -0.465 e. The average molecular weight is 266 g/mol. The molecule has 0 saturated carbocycles. The van der Waals surface area contributed by atoms with Gasteiger partial charge in [-0.15, -0.1) is 0 Å². The molecule has 0 atom stereocenters. The van der Waals surface area contributed by atoms with Crippen LogP contribution in [0, 0.1) is 6.92 Å². The Labute approximate surface area is 118 Å². The minimum atomic E-state index is 0.614. The predicted molar refractivity (Wildman–Crippen MR) is 81.4 cm³/mol. The van der Waals surface area contributed by atoms with Crippen molar-refractivity contribution in [3.05, 3.63) is 23.7 Å². The Balaban J connectivity index is 1.97. The standard InChI is InChI=1S/C16H30N2O/c1-14(2)17-11-7-5-6-8-12-18(4)13-16-10-9-15(3)19-16/h9-10,14,17H,5-8,11-13H2,1-4H3. The van der Waals surface area contributed by atoms with E-state index in [9.17, 15) is 0 Å². The fraction of sp³-hybridized carbons (Fsp3) is 0.750. The molecule has 19 heavy (non-hydrogen) atoms. The van der Waals surface area contributed by atoms with E-state index in [-0.39, 0.29) is 0 Å². The van der Waals surface area contributed by atoms with Crippen LogP contribution in [0.5, 0.6) is 0 Å². The lowest BCUT2D eigenvalue weighted by molar-refractivity contribution is 0.285. The fourth-order valence-corrected chi connectivity index (χ4v) is 2.17. The van der Waals surface area contributed by atoms with E-state index in [0.717, 1.165) is 31.2 Å². The molecular formula is C16H30N2O. The van der Waals surface area contributed by atoms with Gasteiger partial charge in [0.25, 0.3) is 0 Å². The Morgan fingerprint density at radius 3 is 2.53 bits per heavy atom. The lowest BCUT2D eigenvalue weighted by Gasteiger charge is -2.15. The van der Waals surface area contributed by atoms with E-state index in [0.29, 0.717) is 6.04 Å². The molecule has 0 saturated heterocycles. The van der Waals surface area contributed by atoms with Gasteiger partial charge in [0.05, 0.1) is 6.54 Å². The Bertz CT molecular complexity index is 333. The molecule has 0 fully saturated rings. The summed E-state index contributed by atoms with van der Waals surface area (Å²) in [4.78, 5) is 2.34. The molecule has 0 aliphatic heterocycles. The van der Waals surface area contributed by atoms with Crippen molar-refractivity contribution < 1.29 is 4.42 Å². The average Bonchev–Trinajstić information content (AvgIpc) is 2.73. The van der Waals surface area contributed by atoms with Crippen LogP contribution in [0.25, 0.3) is 0 Å². The van der Waals surface area contributed by atoms with Gasteiger partial charge in [-0.3, -0.25) is 4.90 Å². The van der Waals surface area contributed by atoms with Crippen molar-refractivity contribution in [1.82, 2.24) is 10.2 Å². The first-order valence-electron chi connectivity index (χ1n) is 7.55. The molecule has 0 radical (unpaired) electrons. The summed E-state index contributed by atoms with van der Waals surface area (Å²) in [7, 11) is 2.16. The van der Waals surface area contributed by atoms with E-state index in [2.05, 4.69) is 37.2 Å². The van der Waals surface area contributed by atoms with Crippen LogP contribution in [0.1, 0.15) is 51.1 Å². The van der Waals surface area contributed by atoms with Crippen LogP contribution in [0.4, 0.5) is 0 Å². The Morgan fingerprint density at radius 1 is 1.16 bits per heavy atom. The molecule has 0 unspecified atom stereocenters. The first-order valence-corrected chi connectivity index (χ1v) is 7.55. The molecule has 3 heteroatoms. The van der Waals surface area contributed by atoms with Crippen LogP contribution in [-0.2, 0) is 6.54 Å². The van der Waals surface area contributed by atoms with E-state index < -0.39 is 0 Å². The molecule has 1 aromatic heterocycles. The Morgan fingerprint density at radius 2 is 1.89 bits per heavy atom. The second-order valence-electron chi connectivity index (χ2n) is 5.77. The highest BCUT2D eigenvalue weighted by Gasteiger charge is 2.03. The molecule has 0 aliphatic carbocycles. The molecule has 1 aromatic rings. The van der Waals surface area contributed by atoms with Gasteiger partial charge in [0.1, 0.15) is 11.5 Å². The largest absolute Gasteiger partial charge is 0.465 e. The summed E-state index contributed by atoms with van der Waals surface area (Å²) in [5, 5.41) is 3.46. The van der Waals surface area contributed by atoms with Crippen LogP contribution in [0.3, 0.4) is 0 Å². The second kappa shape index (κ2) is 9.16. The zero-order chi connectivity index (χ0) is 14.1. The highest BCUT2D eigenvalue weighted by Crippen LogP contribution is 2.09. The third kappa shape index (κ3) is 8.06. The summed E-state index contributed by atoms with van der Waals surface area (Å²) in [6.07, 6.45) is 5.21. The molecule has 0 bridgehead atoms. The van der Waals surface area contributed by atoms with E-state index >= 15 is 0 Å². The maximum absolute atomic E-state index is 5.59. The van der Waals surface area contributed by atoms with Crippen molar-refractivity contribution in [2.24, 2.45) is 0 Å². The van der Waals surface area contributed by atoms with Gasteiger partial charge in [-0.05, 0) is 52.0 Å². The van der Waals surface area contributed by atoms with Gasteiger partial charge < -0.3 is 9.73 Å². The van der Waals surface area contributed by atoms with Gasteiger partial charge in [-0.2, -0.15) is 0 Å². The molecule has 1 rings (SSSR count). The van der Waals surface area contributed by atoms with Crippen molar-refractivity contribution >= 4 is 0 Å². The topological polar surface area (TPSA) is 28.4 Å². The smallest absolute Gasteiger partial charge is 0.118 e. The Hall–Kier alpha value is -0.800. The van der Waals surface area contributed by atoms with Crippen LogP contribution in [0.2, 0.25) is 0 Å². The quantitative estimate of drug-likeness (QED) is 0.656. The van der Waals surface area contributed by atoms with Gasteiger partial charge in [-0.25, -0.2) is 0 Å². The van der Waals surface area contributed by atoms with Crippen molar-refractivity contribution in [2.75, 3.05) is 20.1 Å². The molecule has 0 aromatic carbocycles. The van der Waals surface area contributed by atoms with Crippen molar-refractivity contribution in [3.63, 3.8) is 0 Å². The molecule has 1 heterocycles. The molecule has 110 valence electrons. The van der Waals surface area contributed by atoms with E-state index in [1.54, 1.807) is 0 Å². The third-order valence-electron chi connectivity index (χ3n) is 3.24. The number of furan rings is 1. The van der Waals surface area contributed by atoms with E-state index in [4.69, 9.17) is 4.42 Å². The van der Waals surface area contributed by atoms with Crippen LogP contribution in [-0.4, -0.2) is 31.1 Å². The normalized spacial score (nSPS) is 11.7. The van der Waals surface area contributed by atoms with Crippen molar-refractivity contribution in [2.45, 2.75) is 59.0 Å². The summed E-state index contributed by atoms with van der Waals surface area (Å²) in [5.41, 5.74) is 0. The van der Waals surface area contributed by atoms with Gasteiger partial charge in [-0.1, -0.05) is 26.7 Å². The zero-order valence-electron chi connectivity index (χ0n) is 13.0. The van der Waals surface area contributed by atoms with E-state index in [1.165, 1.54) is 25.7 Å². The first-order chi connectivity index (χ1) is 9.08. The summed E-state index contributed by atoms with van der Waals surface area (Å²) in [6, 6.07) is 4.72. The van der Waals surface area contributed by atoms with Crippen molar-refractivity contribution in [1.29, 1.82) is 0 Å². The van der Waals surface area contributed by atoms with Gasteiger partial charge >= 0.3 is 0 Å². The van der Waals surface area contributed by atoms with Crippen LogP contribution in [0.15, 0.2) is 16.5 Å². The number of hydrogen-bond donors (Lipinski definition) is 1. The highest BCUT2D eigenvalue weighted by atomic mass is 16.3. The summed E-state index contributed by atoms with van der Waals surface area (Å²) in [5.74, 6) is 2.07. The SMILES string of the molecule is Cc1ccc(CN(C)CCCCCCNC(C)C)o1. The van der Waals surface area contributed by atoms with Crippen LogP contribution < -0.4 is 5.32 Å². The Kier molecular flexibility index (Phi) is 7.84. The fourth-order valence-electron chi connectivity index (χ4n) is 2.17.